The quantitative estimate of drug-likeness (QED) is 0.581. The van der Waals surface area contributed by atoms with Crippen molar-refractivity contribution in [1.29, 1.82) is 0 Å². The number of aromatic nitrogens is 2. The van der Waals surface area contributed by atoms with E-state index in [2.05, 4.69) is 20.6 Å². The molecule has 0 aliphatic heterocycles. The molecule has 1 aromatic rings. The van der Waals surface area contributed by atoms with E-state index in [0.29, 0.717) is 17.9 Å². The number of aliphatic hydroxyl groups is 1. The first kappa shape index (κ1) is 18.8. The highest BCUT2D eigenvalue weighted by atomic mass is 16.5. The lowest BCUT2D eigenvalue weighted by molar-refractivity contribution is 0.0346. The maximum atomic E-state index is 11.7. The van der Waals surface area contributed by atoms with Crippen molar-refractivity contribution in [3.63, 3.8) is 0 Å². The van der Waals surface area contributed by atoms with Gasteiger partial charge in [-0.3, -0.25) is 4.79 Å². The highest BCUT2D eigenvalue weighted by Crippen LogP contribution is 2.26. The molecule has 26 heavy (non-hydrogen) atoms. The zero-order valence-corrected chi connectivity index (χ0v) is 15.3. The molecule has 144 valence electrons. The fourth-order valence-electron chi connectivity index (χ4n) is 3.82. The van der Waals surface area contributed by atoms with Crippen LogP contribution in [0.3, 0.4) is 0 Å². The Morgan fingerprint density at radius 2 is 2.04 bits per heavy atom. The van der Waals surface area contributed by atoms with Crippen LogP contribution in [0.1, 0.15) is 62.2 Å². The summed E-state index contributed by atoms with van der Waals surface area (Å²) >= 11 is 0. The molecule has 2 aliphatic carbocycles. The third-order valence-electron chi connectivity index (χ3n) is 5.27. The molecule has 1 heterocycles. The molecule has 1 amide bonds. The van der Waals surface area contributed by atoms with Crippen LogP contribution in [0.25, 0.3) is 0 Å². The Morgan fingerprint density at radius 3 is 2.65 bits per heavy atom. The summed E-state index contributed by atoms with van der Waals surface area (Å²) in [6.07, 6.45) is 7.93. The van der Waals surface area contributed by atoms with Crippen LogP contribution >= 0.6 is 0 Å². The monoisotopic (exact) mass is 363 g/mol. The summed E-state index contributed by atoms with van der Waals surface area (Å²) in [7, 11) is 0. The molecule has 0 saturated heterocycles. The van der Waals surface area contributed by atoms with Crippen LogP contribution in [0.2, 0.25) is 0 Å². The van der Waals surface area contributed by atoms with Gasteiger partial charge in [-0.15, -0.1) is 0 Å². The van der Waals surface area contributed by atoms with Crippen molar-refractivity contribution in [2.45, 2.75) is 76.2 Å². The van der Waals surface area contributed by atoms with Gasteiger partial charge in [0.15, 0.2) is 0 Å². The summed E-state index contributed by atoms with van der Waals surface area (Å²) in [4.78, 5) is 20.4. The summed E-state index contributed by atoms with van der Waals surface area (Å²) in [5.41, 5.74) is 5.69. The minimum Gasteiger partial charge on any atom is -0.391 e. The zero-order valence-electron chi connectivity index (χ0n) is 15.3. The van der Waals surface area contributed by atoms with Crippen molar-refractivity contribution < 1.29 is 14.6 Å². The Labute approximate surface area is 153 Å². The predicted molar refractivity (Wildman–Crippen MR) is 99.1 cm³/mol. The van der Waals surface area contributed by atoms with Crippen LogP contribution in [0.15, 0.2) is 6.20 Å². The summed E-state index contributed by atoms with van der Waals surface area (Å²) in [6, 6.07) is 0.175. The Kier molecular flexibility index (Phi) is 6.26. The van der Waals surface area contributed by atoms with E-state index in [1.165, 1.54) is 6.20 Å². The molecule has 8 heteroatoms. The molecule has 0 aromatic carbocycles. The van der Waals surface area contributed by atoms with Crippen LogP contribution in [0.4, 0.5) is 11.8 Å². The third-order valence-corrected chi connectivity index (χ3v) is 5.27. The minimum atomic E-state index is -0.580. The van der Waals surface area contributed by atoms with Crippen molar-refractivity contribution >= 4 is 17.7 Å². The number of primary amides is 1. The van der Waals surface area contributed by atoms with Crippen molar-refractivity contribution in [3.05, 3.63) is 11.8 Å². The van der Waals surface area contributed by atoms with Crippen LogP contribution < -0.4 is 16.4 Å². The van der Waals surface area contributed by atoms with Gasteiger partial charge in [0.05, 0.1) is 23.8 Å². The topological polar surface area (TPSA) is 122 Å². The number of anilines is 2. The second-order valence-corrected chi connectivity index (χ2v) is 7.14. The number of aliphatic hydroxyl groups excluding tert-OH is 1. The molecular weight excluding hydrogens is 334 g/mol. The minimum absolute atomic E-state index is 0.113. The van der Waals surface area contributed by atoms with E-state index in [1.54, 1.807) is 0 Å². The fourth-order valence-corrected chi connectivity index (χ4v) is 3.82. The lowest BCUT2D eigenvalue weighted by Crippen LogP contribution is -2.32. The van der Waals surface area contributed by atoms with Crippen molar-refractivity contribution in [2.75, 3.05) is 17.2 Å². The van der Waals surface area contributed by atoms with Crippen LogP contribution in [0, 0.1) is 0 Å². The smallest absolute Gasteiger partial charge is 0.254 e. The Balaban J connectivity index is 1.66. The molecule has 3 rings (SSSR count). The second kappa shape index (κ2) is 8.64. The number of rotatable bonds is 7. The molecule has 2 atom stereocenters. The molecule has 0 radical (unpaired) electrons. The summed E-state index contributed by atoms with van der Waals surface area (Å²) in [5, 5.41) is 16.6. The molecule has 0 bridgehead atoms. The Morgan fingerprint density at radius 1 is 1.27 bits per heavy atom. The van der Waals surface area contributed by atoms with Gasteiger partial charge in [-0.05, 0) is 51.9 Å². The van der Waals surface area contributed by atoms with E-state index in [1.807, 2.05) is 6.92 Å². The van der Waals surface area contributed by atoms with Gasteiger partial charge in [0.25, 0.3) is 5.91 Å². The molecule has 1 unspecified atom stereocenters. The van der Waals surface area contributed by atoms with Crippen molar-refractivity contribution in [3.8, 4) is 0 Å². The van der Waals surface area contributed by atoms with Gasteiger partial charge in [0, 0.05) is 18.8 Å². The highest BCUT2D eigenvalue weighted by Gasteiger charge is 2.27. The van der Waals surface area contributed by atoms with Gasteiger partial charge < -0.3 is 26.2 Å². The molecule has 8 nitrogen and oxygen atoms in total. The summed E-state index contributed by atoms with van der Waals surface area (Å²) in [6.45, 7) is 2.77. The van der Waals surface area contributed by atoms with Crippen molar-refractivity contribution in [1.82, 2.24) is 9.97 Å². The number of carbonyl (C=O) groups excluding carboxylic acids is 1. The maximum absolute atomic E-state index is 11.7. The predicted octanol–water partition coefficient (Wildman–Crippen LogP) is 1.66. The van der Waals surface area contributed by atoms with E-state index in [4.69, 9.17) is 10.5 Å². The van der Waals surface area contributed by atoms with E-state index in [0.717, 1.165) is 51.6 Å². The molecular formula is C18H29N5O3. The largest absolute Gasteiger partial charge is 0.391 e. The summed E-state index contributed by atoms with van der Waals surface area (Å²) < 4.78 is 5.68. The van der Waals surface area contributed by atoms with Gasteiger partial charge in [0.1, 0.15) is 5.82 Å². The molecule has 2 fully saturated rings. The lowest BCUT2D eigenvalue weighted by atomic mass is 9.93. The van der Waals surface area contributed by atoms with Gasteiger partial charge in [-0.1, -0.05) is 0 Å². The van der Waals surface area contributed by atoms with E-state index < -0.39 is 12.0 Å². The average molecular weight is 363 g/mol. The van der Waals surface area contributed by atoms with Crippen molar-refractivity contribution in [2.24, 2.45) is 5.73 Å². The molecule has 0 spiro atoms. The first-order valence-electron chi connectivity index (χ1n) is 9.56. The van der Waals surface area contributed by atoms with Gasteiger partial charge in [0.2, 0.25) is 5.95 Å². The number of ether oxygens (including phenoxy) is 1. The number of nitrogens with one attached hydrogen (secondary N) is 2. The van der Waals surface area contributed by atoms with Gasteiger partial charge >= 0.3 is 0 Å². The van der Waals surface area contributed by atoms with Crippen LogP contribution in [-0.4, -0.2) is 51.9 Å². The highest BCUT2D eigenvalue weighted by molar-refractivity contribution is 5.97. The second-order valence-electron chi connectivity index (χ2n) is 7.14. The van der Waals surface area contributed by atoms with Crippen LogP contribution in [0.5, 0.6) is 0 Å². The Bertz CT molecular complexity index is 619. The number of carbonyl (C=O) groups is 1. The molecule has 1 aromatic heterocycles. The van der Waals surface area contributed by atoms with Crippen LogP contribution in [-0.2, 0) is 4.74 Å². The zero-order chi connectivity index (χ0) is 18.5. The maximum Gasteiger partial charge on any atom is 0.254 e. The SMILES string of the molecule is CCO[C@H]1CC[C@H](Nc2ncc(C(N)=O)c(NC3CCC[C@@H]3O)n2)CC1. The lowest BCUT2D eigenvalue weighted by Gasteiger charge is -2.29. The third kappa shape index (κ3) is 4.62. The number of nitrogens with zero attached hydrogens (tertiary/aromatic N) is 2. The van der Waals surface area contributed by atoms with Gasteiger partial charge in [-0.2, -0.15) is 4.98 Å². The standard InChI is InChI=1S/C18H29N5O3/c1-2-26-12-8-6-11(7-9-12)21-18-20-10-13(16(19)25)17(23-18)22-14-4-3-5-15(14)24/h10-12,14-15,24H,2-9H2,1H3,(H2,19,25)(H2,20,21,22,23)/t11-,12-,14?,15-/m0/s1. The normalized spacial score (nSPS) is 28.7. The average Bonchev–Trinajstić information content (AvgIpc) is 3.02. The first-order valence-corrected chi connectivity index (χ1v) is 9.56. The fraction of sp³-hybridized carbons (Fsp3) is 0.722. The first-order chi connectivity index (χ1) is 12.6. The van der Waals surface area contributed by atoms with E-state index >= 15 is 0 Å². The number of hydrogen-bond acceptors (Lipinski definition) is 7. The molecule has 2 saturated carbocycles. The Hall–Kier alpha value is -1.93. The number of hydrogen-bond donors (Lipinski definition) is 4. The van der Waals surface area contributed by atoms with E-state index in [-0.39, 0.29) is 17.6 Å². The van der Waals surface area contributed by atoms with E-state index in [9.17, 15) is 9.90 Å². The molecule has 2 aliphatic rings. The molecule has 5 N–H and O–H groups in total. The van der Waals surface area contributed by atoms with Gasteiger partial charge in [-0.25, -0.2) is 4.98 Å². The summed E-state index contributed by atoms with van der Waals surface area (Å²) in [5.74, 6) is 0.289. The number of nitrogens with two attached hydrogens (primary N) is 1. The number of amides is 1.